The molecule has 1 aromatic carbocycles. The van der Waals surface area contributed by atoms with Crippen LogP contribution in [0.15, 0.2) is 24.3 Å². The summed E-state index contributed by atoms with van der Waals surface area (Å²) in [6.45, 7) is 2.81. The van der Waals surface area contributed by atoms with Gasteiger partial charge in [-0.05, 0) is 25.5 Å². The van der Waals surface area contributed by atoms with E-state index in [1.165, 1.54) is 0 Å². The van der Waals surface area contributed by atoms with Crippen LogP contribution in [-0.2, 0) is 13.0 Å². The summed E-state index contributed by atoms with van der Waals surface area (Å²) in [7, 11) is 0. The number of nitrogens with zero attached hydrogens (tertiary/aromatic N) is 2. The van der Waals surface area contributed by atoms with Crippen molar-refractivity contribution in [2.45, 2.75) is 19.9 Å². The molecule has 0 saturated carbocycles. The number of carbonyl (C=O) groups excluding carboxylic acids is 1. The van der Waals surface area contributed by atoms with Crippen LogP contribution in [0.4, 0.5) is 0 Å². The average molecular weight is 285 g/mol. The normalized spacial score (nSPS) is 13.9. The number of hydrogen-bond donors (Lipinski definition) is 2. The van der Waals surface area contributed by atoms with Gasteiger partial charge in [-0.25, -0.2) is 4.79 Å². The summed E-state index contributed by atoms with van der Waals surface area (Å²) in [4.78, 5) is 25.2. The molecule has 0 fully saturated rings. The van der Waals surface area contributed by atoms with Crippen LogP contribution in [0.2, 0.25) is 0 Å². The first kappa shape index (κ1) is 13.4. The van der Waals surface area contributed by atoms with Crippen molar-refractivity contribution in [2.75, 3.05) is 6.54 Å². The minimum atomic E-state index is -1.04. The molecule has 0 aliphatic carbocycles. The molecular formula is C15H15N3O3. The van der Waals surface area contributed by atoms with Gasteiger partial charge in [0.15, 0.2) is 5.69 Å². The van der Waals surface area contributed by atoms with Gasteiger partial charge in [-0.1, -0.05) is 17.7 Å². The van der Waals surface area contributed by atoms with Crippen molar-refractivity contribution in [2.24, 2.45) is 0 Å². The van der Waals surface area contributed by atoms with E-state index in [0.29, 0.717) is 36.3 Å². The monoisotopic (exact) mass is 285 g/mol. The Morgan fingerprint density at radius 1 is 1.38 bits per heavy atom. The zero-order valence-electron chi connectivity index (χ0n) is 11.6. The second-order valence-corrected chi connectivity index (χ2v) is 5.18. The molecule has 108 valence electrons. The number of nitrogens with one attached hydrogen (secondary N) is 1. The lowest BCUT2D eigenvalue weighted by molar-refractivity contribution is 0.0689. The summed E-state index contributed by atoms with van der Waals surface area (Å²) in [5, 5.41) is 15.6. The molecule has 1 aromatic heterocycles. The van der Waals surface area contributed by atoms with Crippen molar-refractivity contribution in [3.05, 3.63) is 52.3 Å². The number of carboxylic acids is 1. The largest absolute Gasteiger partial charge is 0.476 e. The smallest absolute Gasteiger partial charge is 0.356 e. The average Bonchev–Trinajstić information content (AvgIpc) is 2.89. The number of aromatic amines is 1. The number of carboxylic acid groups (broad SMARTS) is 1. The number of aromatic nitrogens is 2. The van der Waals surface area contributed by atoms with E-state index in [9.17, 15) is 9.59 Å². The SMILES string of the molecule is Cc1cccc(C(=O)N2CCc3c(C(=O)O)n[nH]c3C2)c1. The van der Waals surface area contributed by atoms with E-state index >= 15 is 0 Å². The molecule has 0 unspecified atom stereocenters. The van der Waals surface area contributed by atoms with Crippen molar-refractivity contribution in [3.8, 4) is 0 Å². The molecule has 21 heavy (non-hydrogen) atoms. The standard InChI is InChI=1S/C15H15N3O3/c1-9-3-2-4-10(7-9)14(19)18-6-5-11-12(8-18)16-17-13(11)15(20)21/h2-4,7H,5-6,8H2,1H3,(H,16,17)(H,20,21). The van der Waals surface area contributed by atoms with Crippen LogP contribution in [0.1, 0.15) is 37.7 Å². The Hall–Kier alpha value is -2.63. The summed E-state index contributed by atoms with van der Waals surface area (Å²) >= 11 is 0. The number of amides is 1. The number of aryl methyl sites for hydroxylation is 1. The Labute approximate surface area is 121 Å². The van der Waals surface area contributed by atoms with Gasteiger partial charge in [-0.15, -0.1) is 0 Å². The van der Waals surface area contributed by atoms with Gasteiger partial charge >= 0.3 is 5.97 Å². The minimum absolute atomic E-state index is 0.0455. The van der Waals surface area contributed by atoms with E-state index in [1.807, 2.05) is 25.1 Å². The van der Waals surface area contributed by atoms with Gasteiger partial charge in [-0.2, -0.15) is 5.10 Å². The summed E-state index contributed by atoms with van der Waals surface area (Å²) in [6.07, 6.45) is 0.505. The van der Waals surface area contributed by atoms with Gasteiger partial charge in [0.1, 0.15) is 0 Å². The molecule has 0 saturated heterocycles. The highest BCUT2D eigenvalue weighted by molar-refractivity contribution is 5.94. The van der Waals surface area contributed by atoms with Crippen molar-refractivity contribution in [1.29, 1.82) is 0 Å². The Kier molecular flexibility index (Phi) is 3.21. The van der Waals surface area contributed by atoms with Gasteiger partial charge in [0, 0.05) is 17.7 Å². The second kappa shape index (κ2) is 5.05. The third-order valence-electron chi connectivity index (χ3n) is 3.69. The summed E-state index contributed by atoms with van der Waals surface area (Å²) in [5.74, 6) is -1.08. The second-order valence-electron chi connectivity index (χ2n) is 5.18. The number of H-pyrrole nitrogens is 1. The zero-order chi connectivity index (χ0) is 15.0. The van der Waals surface area contributed by atoms with E-state index in [4.69, 9.17) is 5.11 Å². The number of carbonyl (C=O) groups is 2. The molecule has 3 rings (SSSR count). The quantitative estimate of drug-likeness (QED) is 0.877. The van der Waals surface area contributed by atoms with Crippen LogP contribution in [0, 0.1) is 6.92 Å². The maximum atomic E-state index is 12.5. The molecule has 1 amide bonds. The third-order valence-corrected chi connectivity index (χ3v) is 3.69. The minimum Gasteiger partial charge on any atom is -0.476 e. The lowest BCUT2D eigenvalue weighted by Crippen LogP contribution is -2.36. The molecule has 2 aromatic rings. The van der Waals surface area contributed by atoms with Gasteiger partial charge in [0.05, 0.1) is 12.2 Å². The molecule has 0 atom stereocenters. The van der Waals surface area contributed by atoms with E-state index in [1.54, 1.807) is 11.0 Å². The van der Waals surface area contributed by atoms with Gasteiger partial charge in [0.2, 0.25) is 0 Å². The van der Waals surface area contributed by atoms with Crippen LogP contribution >= 0.6 is 0 Å². The Morgan fingerprint density at radius 3 is 2.90 bits per heavy atom. The van der Waals surface area contributed by atoms with Crippen molar-refractivity contribution in [3.63, 3.8) is 0 Å². The van der Waals surface area contributed by atoms with Crippen LogP contribution in [0.25, 0.3) is 0 Å². The molecule has 0 radical (unpaired) electrons. The van der Waals surface area contributed by atoms with Crippen LogP contribution < -0.4 is 0 Å². The first-order chi connectivity index (χ1) is 10.1. The van der Waals surface area contributed by atoms with E-state index in [-0.39, 0.29) is 11.6 Å². The predicted molar refractivity (Wildman–Crippen MR) is 75.2 cm³/mol. The summed E-state index contributed by atoms with van der Waals surface area (Å²) < 4.78 is 0. The predicted octanol–water partition coefficient (Wildman–Crippen LogP) is 1.61. The molecule has 2 heterocycles. The Balaban J connectivity index is 1.83. The van der Waals surface area contributed by atoms with Crippen molar-refractivity contribution >= 4 is 11.9 Å². The molecule has 0 spiro atoms. The van der Waals surface area contributed by atoms with Crippen LogP contribution in [-0.4, -0.2) is 38.6 Å². The maximum Gasteiger partial charge on any atom is 0.356 e. The topological polar surface area (TPSA) is 86.3 Å². The fourth-order valence-electron chi connectivity index (χ4n) is 2.63. The lowest BCUT2D eigenvalue weighted by atomic mass is 10.0. The molecular weight excluding hydrogens is 270 g/mol. The van der Waals surface area contributed by atoms with E-state index in [0.717, 1.165) is 5.56 Å². The number of benzene rings is 1. The number of fused-ring (bicyclic) bond motifs is 1. The van der Waals surface area contributed by atoms with E-state index in [2.05, 4.69) is 10.2 Å². The summed E-state index contributed by atoms with van der Waals surface area (Å²) in [5.41, 5.74) is 3.16. The fraction of sp³-hybridized carbons (Fsp3) is 0.267. The number of aromatic carboxylic acids is 1. The first-order valence-electron chi connectivity index (χ1n) is 6.71. The maximum absolute atomic E-state index is 12.5. The Morgan fingerprint density at radius 2 is 2.19 bits per heavy atom. The molecule has 2 N–H and O–H groups in total. The Bertz CT molecular complexity index is 721. The van der Waals surface area contributed by atoms with Gasteiger partial charge in [0.25, 0.3) is 5.91 Å². The van der Waals surface area contributed by atoms with Crippen molar-refractivity contribution in [1.82, 2.24) is 15.1 Å². The van der Waals surface area contributed by atoms with Gasteiger partial charge < -0.3 is 10.0 Å². The van der Waals surface area contributed by atoms with Gasteiger partial charge in [-0.3, -0.25) is 9.89 Å². The zero-order valence-corrected chi connectivity index (χ0v) is 11.6. The molecule has 6 nitrogen and oxygen atoms in total. The highest BCUT2D eigenvalue weighted by Crippen LogP contribution is 2.21. The first-order valence-corrected chi connectivity index (χ1v) is 6.71. The molecule has 0 bridgehead atoms. The third kappa shape index (κ3) is 2.40. The lowest BCUT2D eigenvalue weighted by Gasteiger charge is -2.26. The molecule has 6 heteroatoms. The molecule has 1 aliphatic heterocycles. The van der Waals surface area contributed by atoms with E-state index < -0.39 is 5.97 Å². The number of rotatable bonds is 2. The summed E-state index contributed by atoms with van der Waals surface area (Å²) in [6, 6.07) is 7.45. The molecule has 1 aliphatic rings. The fourth-order valence-corrected chi connectivity index (χ4v) is 2.63. The highest BCUT2D eigenvalue weighted by atomic mass is 16.4. The van der Waals surface area contributed by atoms with Crippen LogP contribution in [0.3, 0.4) is 0 Å². The highest BCUT2D eigenvalue weighted by Gasteiger charge is 2.27. The van der Waals surface area contributed by atoms with Crippen LogP contribution in [0.5, 0.6) is 0 Å². The van der Waals surface area contributed by atoms with Crippen molar-refractivity contribution < 1.29 is 14.7 Å². The number of hydrogen-bond acceptors (Lipinski definition) is 3.